The van der Waals surface area contributed by atoms with Crippen LogP contribution in [0.5, 0.6) is 0 Å². The Hall–Kier alpha value is -7.56. The van der Waals surface area contributed by atoms with Gasteiger partial charge in [-0.1, -0.05) is 36.3 Å². The lowest BCUT2D eigenvalue weighted by atomic mass is 9.85. The Morgan fingerprint density at radius 3 is 2.23 bits per heavy atom. The van der Waals surface area contributed by atoms with E-state index in [9.17, 15) is 0 Å². The normalized spacial score (nSPS) is 14.8. The fourth-order valence-corrected chi connectivity index (χ4v) is 5.56. The molecule has 7 rings (SSSR count). The van der Waals surface area contributed by atoms with Crippen LogP contribution in [0, 0.1) is 11.8 Å². The summed E-state index contributed by atoms with van der Waals surface area (Å²) in [6.45, 7) is 4.84. The van der Waals surface area contributed by atoms with E-state index in [-0.39, 0.29) is 0 Å². The van der Waals surface area contributed by atoms with Crippen molar-refractivity contribution in [3.8, 4) is 34.1 Å². The van der Waals surface area contributed by atoms with Crippen molar-refractivity contribution < 1.29 is 0 Å². The molecule has 52 heavy (non-hydrogen) atoms. The smallest absolute Gasteiger partial charge is 0.116 e. The van der Waals surface area contributed by atoms with Crippen molar-refractivity contribution in [2.75, 3.05) is 6.54 Å². The fourth-order valence-electron chi connectivity index (χ4n) is 5.56. The molecule has 0 unspecified atom stereocenters. The highest BCUT2D eigenvalue weighted by atomic mass is 14.8. The Morgan fingerprint density at radius 2 is 1.50 bits per heavy atom. The highest BCUT2D eigenvalue weighted by molar-refractivity contribution is 6.18. The molecule has 10 nitrogen and oxygen atoms in total. The predicted octanol–water partition coefficient (Wildman–Crippen LogP) is 7.00. The Bertz CT molecular complexity index is 2410. The van der Waals surface area contributed by atoms with Crippen molar-refractivity contribution in [1.29, 1.82) is 0 Å². The average molecular weight is 673 g/mol. The molecule has 3 aromatic heterocycles. The minimum absolute atomic E-state index is 0.415. The van der Waals surface area contributed by atoms with Gasteiger partial charge in [-0.25, -0.2) is 44.9 Å². The minimum Gasteiger partial charge on any atom is -0.276 e. The summed E-state index contributed by atoms with van der Waals surface area (Å²) in [7, 11) is 0. The quantitative estimate of drug-likeness (QED) is 0.101. The van der Waals surface area contributed by atoms with E-state index < -0.39 is 0 Å². The molecule has 6 heterocycles. The second kappa shape index (κ2) is 16.2. The second-order valence-corrected chi connectivity index (χ2v) is 11.3. The summed E-state index contributed by atoms with van der Waals surface area (Å²) in [4.78, 5) is 44.1. The average Bonchev–Trinajstić information content (AvgIpc) is 3.75. The zero-order valence-electron chi connectivity index (χ0n) is 27.8. The van der Waals surface area contributed by atoms with Crippen LogP contribution in [0.15, 0.2) is 172 Å². The Labute approximate surface area is 300 Å². The number of aliphatic imine (C=N–C) groups is 4. The molecule has 10 heteroatoms. The van der Waals surface area contributed by atoms with Gasteiger partial charge in [-0.05, 0) is 75.9 Å². The molecule has 0 fully saturated rings. The molecule has 0 saturated carbocycles. The summed E-state index contributed by atoms with van der Waals surface area (Å²) in [5.41, 5.74) is 16.8. The largest absolute Gasteiger partial charge is 0.276 e. The van der Waals surface area contributed by atoms with Crippen LogP contribution in [-0.4, -0.2) is 60.4 Å². The highest BCUT2D eigenvalue weighted by Gasteiger charge is 2.21. The standard InChI is InChI=1S/C42H28N10/c1-30(31-10-13-43-26-44-19-31)14-32(15-33(35-20-45-27-46-21-35)16-38-8-4-2-6-11-51-38)34-17-39(36-22-47-28-48-23-36)42(41-9-5-3-7-12-52-41)40(18-34)37-24-49-29-50-25-37/h3-5,8-9,12-15,17-29H,1,11,16H2/b32-14+,33-15+. The van der Waals surface area contributed by atoms with Gasteiger partial charge in [0.15, 0.2) is 0 Å². The monoisotopic (exact) mass is 672 g/mol. The van der Waals surface area contributed by atoms with E-state index in [2.05, 4.69) is 88.0 Å². The van der Waals surface area contributed by atoms with Gasteiger partial charge in [0.1, 0.15) is 31.9 Å². The van der Waals surface area contributed by atoms with Crippen molar-refractivity contribution in [3.63, 3.8) is 0 Å². The number of nitrogens with zero attached hydrogens (tertiary/aromatic N) is 10. The first-order chi connectivity index (χ1) is 25.7. The van der Waals surface area contributed by atoms with Gasteiger partial charge in [0, 0.05) is 83.4 Å². The molecule has 0 saturated heterocycles. The SMILES string of the molecule is C=C(/C=C(\C=C(/CC1=NCC#CC=C1)c1cncnc1)c1cc(-c2cncnc2)c(C2=NC=C=CC=C2)c(-c2cncnc2)c1)C1=C=CN=CN=C1. The van der Waals surface area contributed by atoms with E-state index >= 15 is 0 Å². The number of allylic oxidation sites excluding steroid dienone is 11. The highest BCUT2D eigenvalue weighted by Crippen LogP contribution is 2.38. The maximum atomic E-state index is 4.77. The van der Waals surface area contributed by atoms with E-state index in [0.717, 1.165) is 61.5 Å². The lowest BCUT2D eigenvalue weighted by Gasteiger charge is -2.19. The van der Waals surface area contributed by atoms with Gasteiger partial charge in [0.05, 0.1) is 18.1 Å². The maximum absolute atomic E-state index is 4.77. The number of hydrogen-bond donors (Lipinski definition) is 0. The first-order valence-electron chi connectivity index (χ1n) is 16.1. The number of benzene rings is 1. The second-order valence-electron chi connectivity index (χ2n) is 11.3. The molecule has 1 aromatic carbocycles. The van der Waals surface area contributed by atoms with Crippen LogP contribution in [0.1, 0.15) is 23.1 Å². The van der Waals surface area contributed by atoms with Crippen LogP contribution in [0.3, 0.4) is 0 Å². The molecule has 3 aliphatic rings. The van der Waals surface area contributed by atoms with Crippen LogP contribution < -0.4 is 0 Å². The van der Waals surface area contributed by atoms with Crippen molar-refractivity contribution in [3.05, 3.63) is 169 Å². The Kier molecular flexibility index (Phi) is 10.3. The first kappa shape index (κ1) is 33.0. The molecule has 0 bridgehead atoms. The van der Waals surface area contributed by atoms with Gasteiger partial charge < -0.3 is 0 Å². The van der Waals surface area contributed by atoms with Crippen LogP contribution in [0.4, 0.5) is 0 Å². The molecule has 0 amide bonds. The lowest BCUT2D eigenvalue weighted by Crippen LogP contribution is -2.05. The number of aromatic nitrogens is 6. The lowest BCUT2D eigenvalue weighted by molar-refractivity contribution is 1.15. The van der Waals surface area contributed by atoms with Gasteiger partial charge in [0.25, 0.3) is 0 Å². The molecule has 246 valence electrons. The Morgan fingerprint density at radius 1 is 0.788 bits per heavy atom. The molecule has 0 N–H and O–H groups in total. The molecule has 0 spiro atoms. The predicted molar refractivity (Wildman–Crippen MR) is 206 cm³/mol. The summed E-state index contributed by atoms with van der Waals surface area (Å²) < 4.78 is 0. The zero-order chi connectivity index (χ0) is 35.4. The van der Waals surface area contributed by atoms with Crippen molar-refractivity contribution >= 4 is 35.1 Å². The minimum atomic E-state index is 0.415. The van der Waals surface area contributed by atoms with E-state index in [1.165, 1.54) is 25.3 Å². The summed E-state index contributed by atoms with van der Waals surface area (Å²) >= 11 is 0. The van der Waals surface area contributed by atoms with E-state index in [4.69, 9.17) is 9.98 Å². The van der Waals surface area contributed by atoms with E-state index in [1.54, 1.807) is 55.8 Å². The van der Waals surface area contributed by atoms with Crippen LogP contribution >= 0.6 is 0 Å². The van der Waals surface area contributed by atoms with Crippen LogP contribution in [0.2, 0.25) is 0 Å². The van der Waals surface area contributed by atoms with Crippen LogP contribution in [-0.2, 0) is 0 Å². The number of hydrogen-bond acceptors (Lipinski definition) is 10. The summed E-state index contributed by atoms with van der Waals surface area (Å²) in [5, 5.41) is 0. The third kappa shape index (κ3) is 8.00. The molecule has 3 aliphatic heterocycles. The summed E-state index contributed by atoms with van der Waals surface area (Å²) in [5.74, 6) is 6.05. The third-order valence-corrected chi connectivity index (χ3v) is 7.96. The summed E-state index contributed by atoms with van der Waals surface area (Å²) in [6, 6.07) is 4.22. The van der Waals surface area contributed by atoms with Gasteiger partial charge >= 0.3 is 0 Å². The van der Waals surface area contributed by atoms with E-state index in [0.29, 0.717) is 24.1 Å². The Balaban J connectivity index is 1.52. The first-order valence-corrected chi connectivity index (χ1v) is 16.1. The molecule has 0 atom stereocenters. The van der Waals surface area contributed by atoms with Crippen LogP contribution in [0.25, 0.3) is 33.4 Å². The van der Waals surface area contributed by atoms with Crippen molar-refractivity contribution in [1.82, 2.24) is 29.9 Å². The van der Waals surface area contributed by atoms with Crippen molar-refractivity contribution in [2.45, 2.75) is 6.42 Å². The zero-order valence-corrected chi connectivity index (χ0v) is 27.8. The third-order valence-electron chi connectivity index (χ3n) is 7.96. The fraction of sp³-hybridized carbons (Fsp3) is 0.0476. The molecular weight excluding hydrogens is 645 g/mol. The molecule has 0 radical (unpaired) electrons. The van der Waals surface area contributed by atoms with Gasteiger partial charge in [0.2, 0.25) is 0 Å². The molecule has 4 aromatic rings. The molecular formula is C42H28N10. The molecule has 0 aliphatic carbocycles. The van der Waals surface area contributed by atoms with Crippen molar-refractivity contribution in [2.24, 2.45) is 20.0 Å². The summed E-state index contributed by atoms with van der Waals surface area (Å²) in [6.07, 6.45) is 35.7. The van der Waals surface area contributed by atoms with Gasteiger partial charge in [-0.3, -0.25) is 4.99 Å². The maximum Gasteiger partial charge on any atom is 0.116 e. The van der Waals surface area contributed by atoms with Gasteiger partial charge in [-0.15, -0.1) is 5.73 Å². The van der Waals surface area contributed by atoms with E-state index in [1.807, 2.05) is 36.5 Å². The topological polar surface area (TPSA) is 127 Å². The van der Waals surface area contributed by atoms with Gasteiger partial charge in [-0.2, -0.15) is 0 Å². The number of rotatable bonds is 10.